The Bertz CT molecular complexity index is 363. The maximum absolute atomic E-state index is 11.7. The molecule has 0 heterocycles. The molecule has 21 heavy (non-hydrogen) atoms. The average molecular weight is 298 g/mol. The van der Waals surface area contributed by atoms with Crippen molar-refractivity contribution in [2.75, 3.05) is 0 Å². The smallest absolute Gasteiger partial charge is 0.321 e. The Balaban J connectivity index is 2.16. The molecule has 1 saturated carbocycles. The minimum absolute atomic E-state index is 0.0585. The van der Waals surface area contributed by atoms with Crippen molar-refractivity contribution >= 4 is 17.9 Å². The van der Waals surface area contributed by atoms with Crippen LogP contribution in [0.4, 0.5) is 4.79 Å². The molecule has 0 aromatic rings. The quantitative estimate of drug-likeness (QED) is 0.672. The van der Waals surface area contributed by atoms with Gasteiger partial charge in [0, 0.05) is 18.9 Å². The monoisotopic (exact) mass is 298 g/mol. The van der Waals surface area contributed by atoms with Crippen molar-refractivity contribution in [3.05, 3.63) is 0 Å². The van der Waals surface area contributed by atoms with Gasteiger partial charge in [-0.25, -0.2) is 4.79 Å². The van der Waals surface area contributed by atoms with E-state index in [2.05, 4.69) is 17.6 Å². The second-order valence-electron chi connectivity index (χ2n) is 5.78. The molecule has 0 saturated heterocycles. The molecule has 0 aromatic heterocycles. The van der Waals surface area contributed by atoms with Gasteiger partial charge in [0.25, 0.3) is 0 Å². The van der Waals surface area contributed by atoms with Crippen LogP contribution < -0.4 is 10.6 Å². The molecule has 0 aromatic carbocycles. The van der Waals surface area contributed by atoms with Crippen LogP contribution in [0.3, 0.4) is 0 Å². The highest BCUT2D eigenvalue weighted by molar-refractivity contribution is 5.94. The van der Waals surface area contributed by atoms with Gasteiger partial charge in [-0.05, 0) is 38.0 Å². The number of carboxylic acids is 1. The Hall–Kier alpha value is -1.59. The lowest BCUT2D eigenvalue weighted by molar-refractivity contribution is -0.137. The van der Waals surface area contributed by atoms with Gasteiger partial charge in [0.05, 0.1) is 0 Å². The SMILES string of the molecule is CCCC1CCC(NC(=O)NC(=O)CCCC(=O)O)CC1. The number of carbonyl (C=O) groups excluding carboxylic acids is 2. The first-order chi connectivity index (χ1) is 10.0. The summed E-state index contributed by atoms with van der Waals surface area (Å²) in [6, 6.07) is -0.320. The molecular formula is C15H26N2O4. The second-order valence-corrected chi connectivity index (χ2v) is 5.78. The van der Waals surface area contributed by atoms with Crippen molar-refractivity contribution in [2.45, 2.75) is 70.8 Å². The number of nitrogens with one attached hydrogen (secondary N) is 2. The zero-order chi connectivity index (χ0) is 15.7. The Labute approximate surface area is 125 Å². The van der Waals surface area contributed by atoms with Crippen molar-refractivity contribution in [3.8, 4) is 0 Å². The first kappa shape index (κ1) is 17.5. The molecule has 1 rings (SSSR count). The Morgan fingerprint density at radius 3 is 2.33 bits per heavy atom. The van der Waals surface area contributed by atoms with Crippen LogP contribution in [0, 0.1) is 5.92 Å². The molecule has 0 aliphatic heterocycles. The van der Waals surface area contributed by atoms with Crippen LogP contribution in [-0.2, 0) is 9.59 Å². The molecule has 3 N–H and O–H groups in total. The number of urea groups is 1. The summed E-state index contributed by atoms with van der Waals surface area (Å²) in [5, 5.41) is 13.6. The first-order valence-electron chi connectivity index (χ1n) is 7.83. The Morgan fingerprint density at radius 2 is 1.76 bits per heavy atom. The molecule has 0 bridgehead atoms. The van der Waals surface area contributed by atoms with E-state index >= 15 is 0 Å². The van der Waals surface area contributed by atoms with Crippen LogP contribution in [0.15, 0.2) is 0 Å². The summed E-state index contributed by atoms with van der Waals surface area (Å²) in [7, 11) is 0. The molecule has 120 valence electrons. The van der Waals surface area contributed by atoms with E-state index in [1.807, 2.05) is 0 Å². The van der Waals surface area contributed by atoms with Crippen LogP contribution in [0.5, 0.6) is 0 Å². The summed E-state index contributed by atoms with van der Waals surface area (Å²) in [6.07, 6.45) is 6.89. The Morgan fingerprint density at radius 1 is 1.10 bits per heavy atom. The summed E-state index contributed by atoms with van der Waals surface area (Å²) in [5.74, 6) is -0.585. The van der Waals surface area contributed by atoms with Crippen LogP contribution in [0.1, 0.15) is 64.7 Å². The molecule has 1 fully saturated rings. The van der Waals surface area contributed by atoms with Crippen LogP contribution >= 0.6 is 0 Å². The maximum Gasteiger partial charge on any atom is 0.321 e. The van der Waals surface area contributed by atoms with Gasteiger partial charge < -0.3 is 10.4 Å². The number of hydrogen-bond acceptors (Lipinski definition) is 3. The van der Waals surface area contributed by atoms with Gasteiger partial charge in [-0.15, -0.1) is 0 Å². The van der Waals surface area contributed by atoms with E-state index in [0.717, 1.165) is 31.6 Å². The van der Waals surface area contributed by atoms with Gasteiger partial charge in [0.1, 0.15) is 0 Å². The van der Waals surface area contributed by atoms with Crippen LogP contribution in [0.2, 0.25) is 0 Å². The van der Waals surface area contributed by atoms with Gasteiger partial charge in [-0.3, -0.25) is 14.9 Å². The van der Waals surface area contributed by atoms with Crippen LogP contribution in [0.25, 0.3) is 0 Å². The second kappa shape index (κ2) is 9.37. The standard InChI is InChI=1S/C15H26N2O4/c1-2-4-11-7-9-12(10-8-11)16-15(21)17-13(18)5-3-6-14(19)20/h11-12H,2-10H2,1H3,(H,19,20)(H2,16,17,18,21). The number of rotatable bonds is 7. The molecule has 0 atom stereocenters. The summed E-state index contributed by atoms with van der Waals surface area (Å²) in [6.45, 7) is 2.19. The number of aliphatic carboxylic acids is 1. The van der Waals surface area contributed by atoms with E-state index in [-0.39, 0.29) is 25.3 Å². The molecule has 0 radical (unpaired) electrons. The lowest BCUT2D eigenvalue weighted by Crippen LogP contribution is -2.45. The van der Waals surface area contributed by atoms with Crippen molar-refractivity contribution in [1.29, 1.82) is 0 Å². The third kappa shape index (κ3) is 7.68. The lowest BCUT2D eigenvalue weighted by atomic mass is 9.83. The van der Waals surface area contributed by atoms with Gasteiger partial charge in [-0.1, -0.05) is 19.8 Å². The largest absolute Gasteiger partial charge is 0.481 e. The van der Waals surface area contributed by atoms with E-state index in [1.54, 1.807) is 0 Å². The van der Waals surface area contributed by atoms with Crippen molar-refractivity contribution in [2.24, 2.45) is 5.92 Å². The zero-order valence-corrected chi connectivity index (χ0v) is 12.7. The third-order valence-electron chi connectivity index (χ3n) is 3.93. The van der Waals surface area contributed by atoms with Gasteiger partial charge >= 0.3 is 12.0 Å². The highest BCUT2D eigenvalue weighted by Gasteiger charge is 2.22. The van der Waals surface area contributed by atoms with E-state index in [4.69, 9.17) is 5.11 Å². The summed E-state index contributed by atoms with van der Waals surface area (Å²) >= 11 is 0. The van der Waals surface area contributed by atoms with E-state index < -0.39 is 17.9 Å². The van der Waals surface area contributed by atoms with Gasteiger partial charge in [0.2, 0.25) is 5.91 Å². The highest BCUT2D eigenvalue weighted by atomic mass is 16.4. The fourth-order valence-electron chi connectivity index (χ4n) is 2.81. The topological polar surface area (TPSA) is 95.5 Å². The third-order valence-corrected chi connectivity index (χ3v) is 3.93. The van der Waals surface area contributed by atoms with Crippen molar-refractivity contribution < 1.29 is 19.5 Å². The van der Waals surface area contributed by atoms with Crippen LogP contribution in [-0.4, -0.2) is 29.1 Å². The summed E-state index contributed by atoms with van der Waals surface area (Å²) in [4.78, 5) is 33.4. The molecule has 6 nitrogen and oxygen atoms in total. The lowest BCUT2D eigenvalue weighted by Gasteiger charge is -2.28. The van der Waals surface area contributed by atoms with Crippen molar-refractivity contribution in [3.63, 3.8) is 0 Å². The van der Waals surface area contributed by atoms with Gasteiger partial charge in [-0.2, -0.15) is 0 Å². The molecule has 3 amide bonds. The molecule has 0 spiro atoms. The summed E-state index contributed by atoms with van der Waals surface area (Å²) in [5.41, 5.74) is 0. The van der Waals surface area contributed by atoms with Crippen molar-refractivity contribution in [1.82, 2.24) is 10.6 Å². The minimum atomic E-state index is -0.934. The zero-order valence-electron chi connectivity index (χ0n) is 12.7. The molecule has 1 aliphatic rings. The van der Waals surface area contributed by atoms with E-state index in [1.165, 1.54) is 12.8 Å². The minimum Gasteiger partial charge on any atom is -0.481 e. The van der Waals surface area contributed by atoms with Gasteiger partial charge in [0.15, 0.2) is 0 Å². The predicted octanol–water partition coefficient (Wildman–Crippen LogP) is 2.43. The molecule has 1 aliphatic carbocycles. The number of amides is 3. The highest BCUT2D eigenvalue weighted by Crippen LogP contribution is 2.27. The first-order valence-corrected chi connectivity index (χ1v) is 7.83. The fraction of sp³-hybridized carbons (Fsp3) is 0.800. The average Bonchev–Trinajstić information content (AvgIpc) is 2.40. The molecule has 0 unspecified atom stereocenters. The number of carbonyl (C=O) groups is 3. The number of imide groups is 1. The predicted molar refractivity (Wildman–Crippen MR) is 78.8 cm³/mol. The molecule has 6 heteroatoms. The normalized spacial score (nSPS) is 21.6. The number of hydrogen-bond donors (Lipinski definition) is 3. The summed E-state index contributed by atoms with van der Waals surface area (Å²) < 4.78 is 0. The number of carboxylic acid groups (broad SMARTS) is 1. The van der Waals surface area contributed by atoms with E-state index in [0.29, 0.717) is 0 Å². The van der Waals surface area contributed by atoms with E-state index in [9.17, 15) is 14.4 Å². The Kier molecular flexibility index (Phi) is 7.79. The molecular weight excluding hydrogens is 272 g/mol. The fourth-order valence-corrected chi connectivity index (χ4v) is 2.81. The maximum atomic E-state index is 11.7.